The summed E-state index contributed by atoms with van der Waals surface area (Å²) in [5.41, 5.74) is 23.0. The zero-order chi connectivity index (χ0) is 62.9. The van der Waals surface area contributed by atoms with Gasteiger partial charge in [0.05, 0.1) is 32.2 Å². The van der Waals surface area contributed by atoms with Crippen molar-refractivity contribution in [3.05, 3.63) is 113 Å². The third-order valence-corrected chi connectivity index (χ3v) is 11.3. The highest BCUT2D eigenvalue weighted by molar-refractivity contribution is 5.97. The van der Waals surface area contributed by atoms with Gasteiger partial charge in [-0.05, 0) is 124 Å². The second-order valence-electron chi connectivity index (χ2n) is 18.7. The lowest BCUT2D eigenvalue weighted by Gasteiger charge is -2.21. The number of benzene rings is 4. The Morgan fingerprint density at radius 1 is 0.683 bits per heavy atom. The Morgan fingerprint density at radius 3 is 1.70 bits per heavy atom. The molecule has 0 aliphatic carbocycles. The number of unbranched alkanes of at least 4 members (excludes halogenated alkanes) is 5. The molecule has 464 valence electrons. The minimum atomic E-state index is -0.546. The summed E-state index contributed by atoms with van der Waals surface area (Å²) in [5, 5.41) is 7.57. The average molecular weight is 1150 g/mol. The number of methoxy groups -OCH3 is 1. The maximum absolute atomic E-state index is 13.0. The van der Waals surface area contributed by atoms with Crippen molar-refractivity contribution in [2.45, 2.75) is 186 Å². The normalized spacial score (nSPS) is 10.7. The van der Waals surface area contributed by atoms with Gasteiger partial charge in [0, 0.05) is 29.8 Å². The van der Waals surface area contributed by atoms with E-state index in [2.05, 4.69) is 68.8 Å². The maximum atomic E-state index is 13.0. The van der Waals surface area contributed by atoms with E-state index in [0.29, 0.717) is 62.7 Å². The topological polar surface area (TPSA) is 244 Å². The first kappa shape index (κ1) is 82.0. The van der Waals surface area contributed by atoms with Gasteiger partial charge in [-0.3, -0.25) is 19.2 Å². The van der Waals surface area contributed by atoms with Crippen LogP contribution in [0.25, 0.3) is 11.1 Å². The van der Waals surface area contributed by atoms with Gasteiger partial charge in [-0.25, -0.2) is 0 Å². The molecule has 4 aromatic rings. The van der Waals surface area contributed by atoms with Gasteiger partial charge < -0.3 is 57.0 Å². The Morgan fingerprint density at radius 2 is 1.23 bits per heavy atom. The lowest BCUT2D eigenvalue weighted by atomic mass is 9.89. The van der Waals surface area contributed by atoms with Crippen LogP contribution in [-0.4, -0.2) is 95.7 Å². The molecular formula is C67H112N6O9. The average Bonchev–Trinajstić information content (AvgIpc) is 3.66. The summed E-state index contributed by atoms with van der Waals surface area (Å²) in [4.78, 5) is 65.5. The number of carbonyl (C=O) groups is 6. The van der Waals surface area contributed by atoms with Gasteiger partial charge in [0.1, 0.15) is 48.8 Å². The minimum Gasteiger partial charge on any atom is -0.497 e. The number of amides is 3. The van der Waals surface area contributed by atoms with E-state index >= 15 is 0 Å². The predicted octanol–water partition coefficient (Wildman–Crippen LogP) is 12.5. The number of aryl methyl sites for hydroxylation is 2. The molecule has 0 aliphatic heterocycles. The molecule has 0 fully saturated rings. The van der Waals surface area contributed by atoms with Crippen molar-refractivity contribution in [1.82, 2.24) is 16.0 Å². The summed E-state index contributed by atoms with van der Waals surface area (Å²) in [7, 11) is 1.66. The van der Waals surface area contributed by atoms with Gasteiger partial charge >= 0.3 is 0 Å². The number of hydrogen-bond acceptors (Lipinski definition) is 12. The summed E-state index contributed by atoms with van der Waals surface area (Å²) in [6.07, 6.45) is 15.7. The maximum Gasteiger partial charge on any atom is 0.251 e. The first-order valence-electron chi connectivity index (χ1n) is 30.1. The molecule has 0 saturated carbocycles. The van der Waals surface area contributed by atoms with E-state index in [-0.39, 0.29) is 30.7 Å². The fourth-order valence-electron chi connectivity index (χ4n) is 7.49. The molecule has 0 aromatic heterocycles. The number of nitrogens with one attached hydrogen (secondary N) is 3. The van der Waals surface area contributed by atoms with E-state index in [1.165, 1.54) is 75.8 Å². The SMILES string of the molecule is CC.CC.CCC.CCCCC(C)Cc1ccc(OCCN)c(-c2cc(C(CC)C(=O)N[C@@H](C)C=O)ccc2OCCN)c1.CCCCCCCc1ccc(C(=O)NCC(C)=O)c(C)c1.CCN.COc1ccccc1.O=CCNC=O. The Hall–Kier alpha value is -6.42. The van der Waals surface area contributed by atoms with Crippen molar-refractivity contribution in [3.8, 4) is 28.4 Å². The summed E-state index contributed by atoms with van der Waals surface area (Å²) in [6, 6.07) is 27.2. The lowest BCUT2D eigenvalue weighted by Crippen LogP contribution is -2.37. The Balaban J connectivity index is -0.000000561. The second kappa shape index (κ2) is 57.8. The highest BCUT2D eigenvalue weighted by Crippen LogP contribution is 2.40. The van der Waals surface area contributed by atoms with Crippen molar-refractivity contribution in [1.29, 1.82) is 0 Å². The molecule has 4 aromatic carbocycles. The summed E-state index contributed by atoms with van der Waals surface area (Å²) < 4.78 is 17.0. The summed E-state index contributed by atoms with van der Waals surface area (Å²) >= 11 is 0. The fraction of sp³-hybridized carbons (Fsp3) is 0.552. The molecule has 2 unspecified atom stereocenters. The number of hydrogen-bond donors (Lipinski definition) is 6. The van der Waals surface area contributed by atoms with Crippen molar-refractivity contribution in [3.63, 3.8) is 0 Å². The number of rotatable bonds is 30. The number of ether oxygens (including phenoxy) is 3. The molecule has 82 heavy (non-hydrogen) atoms. The van der Waals surface area contributed by atoms with E-state index in [1.807, 2.05) is 115 Å². The quantitative estimate of drug-likeness (QED) is 0.0211. The van der Waals surface area contributed by atoms with Crippen molar-refractivity contribution < 1.29 is 43.0 Å². The van der Waals surface area contributed by atoms with Crippen LogP contribution in [0, 0.1) is 12.8 Å². The first-order chi connectivity index (χ1) is 39.6. The smallest absolute Gasteiger partial charge is 0.251 e. The van der Waals surface area contributed by atoms with E-state index in [1.54, 1.807) is 14.0 Å². The van der Waals surface area contributed by atoms with E-state index < -0.39 is 12.0 Å². The van der Waals surface area contributed by atoms with Gasteiger partial charge in [-0.1, -0.05) is 170 Å². The number of para-hydroxylation sites is 1. The van der Waals surface area contributed by atoms with Gasteiger partial charge in [0.25, 0.3) is 5.91 Å². The van der Waals surface area contributed by atoms with Crippen molar-refractivity contribution in [2.75, 3.05) is 53.0 Å². The molecule has 15 heteroatoms. The molecule has 3 amide bonds. The van der Waals surface area contributed by atoms with Gasteiger partial charge in [-0.15, -0.1) is 0 Å². The third-order valence-electron chi connectivity index (χ3n) is 11.3. The Kier molecular flexibility index (Phi) is 57.8. The molecule has 0 aliphatic rings. The Labute approximate surface area is 496 Å². The highest BCUT2D eigenvalue weighted by atomic mass is 16.5. The molecule has 4 rings (SSSR count). The van der Waals surface area contributed by atoms with Crippen LogP contribution in [0.1, 0.15) is 193 Å². The van der Waals surface area contributed by atoms with Crippen LogP contribution in [0.3, 0.4) is 0 Å². The standard InChI is InChI=1S/C30H45N3O4.C18H27NO2.C7H8O.C3H5NO2.C3H8.C2H7N.2C2H6/c1-5-7-8-21(3)17-23-9-11-28(36-15-13-31)26(18-23)27-19-24(10-12-29(27)37-16-14-32)25(6-2)30(35)33-22(4)20-34;1-4-5-6-7-8-9-16-10-11-17(14(2)12-16)18(21)19-13-15(3)20;1-8-7-5-3-2-4-6-7;5-2-1-4-3-6;1-3-2;1-2-3;2*1-2/h9-12,18-22,25H,5-8,13-17,31-32H2,1-4H3,(H,33,35);10-12H,4-9,13H2,1-3H3,(H,19,21);2-6H,1H3;2-3H,1H2,(H,4,6);3H2,1-2H3;2-3H2,1H3;2*1-2H3/t21?,22-,25?;;;;;;;/m0......./s1. The van der Waals surface area contributed by atoms with E-state index in [0.717, 1.165) is 59.4 Å². The van der Waals surface area contributed by atoms with E-state index in [9.17, 15) is 28.8 Å². The highest BCUT2D eigenvalue weighted by Gasteiger charge is 2.23. The number of nitrogens with two attached hydrogens (primary N) is 3. The zero-order valence-electron chi connectivity index (χ0n) is 53.4. The monoisotopic (exact) mass is 1140 g/mol. The van der Waals surface area contributed by atoms with Crippen LogP contribution in [0.4, 0.5) is 0 Å². The van der Waals surface area contributed by atoms with Crippen LogP contribution in [0.15, 0.2) is 84.9 Å². The number of Topliss-reactive ketones (excluding diaryl/α,β-unsaturated/α-hetero) is 1. The van der Waals surface area contributed by atoms with Crippen LogP contribution in [0.5, 0.6) is 17.2 Å². The lowest BCUT2D eigenvalue weighted by molar-refractivity contribution is -0.125. The molecule has 3 atom stereocenters. The van der Waals surface area contributed by atoms with Crippen LogP contribution >= 0.6 is 0 Å². The third kappa shape index (κ3) is 40.7. The zero-order valence-corrected chi connectivity index (χ0v) is 53.4. The summed E-state index contributed by atoms with van der Waals surface area (Å²) in [6.45, 7) is 30.4. The number of ketones is 1. The van der Waals surface area contributed by atoms with Crippen molar-refractivity contribution in [2.24, 2.45) is 23.1 Å². The Bertz CT molecular complexity index is 2200. The number of carbonyl (C=O) groups excluding carboxylic acids is 6. The van der Waals surface area contributed by atoms with Gasteiger partial charge in [0.15, 0.2) is 0 Å². The first-order valence-corrected chi connectivity index (χ1v) is 30.1. The second-order valence-corrected chi connectivity index (χ2v) is 18.7. The van der Waals surface area contributed by atoms with Crippen molar-refractivity contribution >= 4 is 36.6 Å². The van der Waals surface area contributed by atoms with Crippen LogP contribution in [0.2, 0.25) is 0 Å². The minimum absolute atomic E-state index is 0.0373. The molecule has 0 spiro atoms. The molecule has 0 heterocycles. The molecule has 0 saturated heterocycles. The van der Waals surface area contributed by atoms with Gasteiger partial charge in [0.2, 0.25) is 12.3 Å². The van der Waals surface area contributed by atoms with Crippen LogP contribution in [-0.2, 0) is 36.8 Å². The molecule has 9 N–H and O–H groups in total. The van der Waals surface area contributed by atoms with E-state index in [4.69, 9.17) is 31.4 Å². The fourth-order valence-corrected chi connectivity index (χ4v) is 7.49. The molecule has 0 radical (unpaired) electrons. The number of aldehydes is 2. The largest absolute Gasteiger partial charge is 0.497 e. The molecular weight excluding hydrogens is 1030 g/mol. The van der Waals surface area contributed by atoms with Crippen LogP contribution < -0.4 is 47.4 Å². The summed E-state index contributed by atoms with van der Waals surface area (Å²) in [5.74, 6) is 2.08. The van der Waals surface area contributed by atoms with Gasteiger partial charge in [-0.2, -0.15) is 0 Å². The molecule has 0 bridgehead atoms. The molecule has 15 nitrogen and oxygen atoms in total. The predicted molar refractivity (Wildman–Crippen MR) is 343 cm³/mol.